The van der Waals surface area contributed by atoms with E-state index >= 15 is 0 Å². The summed E-state index contributed by atoms with van der Waals surface area (Å²) in [6.07, 6.45) is 0. The number of rotatable bonds is 3. The Morgan fingerprint density at radius 1 is 1.60 bits per heavy atom. The zero-order chi connectivity index (χ0) is 11.6. The fourth-order valence-corrected chi connectivity index (χ4v) is 3.20. The van der Waals surface area contributed by atoms with Crippen molar-refractivity contribution in [2.75, 3.05) is 12.8 Å². The summed E-state index contributed by atoms with van der Waals surface area (Å²) < 4.78 is 16.3. The van der Waals surface area contributed by atoms with Crippen molar-refractivity contribution in [3.63, 3.8) is 0 Å². The molecular weight excluding hydrogens is 234 g/mol. The van der Waals surface area contributed by atoms with Crippen LogP contribution in [-0.4, -0.2) is 22.5 Å². The highest BCUT2D eigenvalue weighted by Crippen LogP contribution is 2.29. The fourth-order valence-electron chi connectivity index (χ4n) is 1.01. The quantitative estimate of drug-likeness (QED) is 0.824. The number of nitrogen functional groups attached to an aromatic ring is 1. The second-order valence-electron chi connectivity index (χ2n) is 3.18. The summed E-state index contributed by atoms with van der Waals surface area (Å²) in [7, 11) is 0.125. The van der Waals surface area contributed by atoms with Gasteiger partial charge in [-0.15, -0.1) is 11.3 Å². The summed E-state index contributed by atoms with van der Waals surface area (Å²) in [4.78, 5) is 12.1. The first-order valence-corrected chi connectivity index (χ1v) is 6.44. The second-order valence-corrected chi connectivity index (χ2v) is 6.04. The maximum atomic E-state index is 11.8. The molecule has 0 amide bonds. The molecule has 0 aliphatic carbocycles. The first-order chi connectivity index (χ1) is 6.99. The monoisotopic (exact) mass is 247 g/mol. The normalized spacial score (nSPS) is 12.8. The Hall–Kier alpha value is -0.880. The number of hydrogen-bond donors (Lipinski definition) is 1. The van der Waals surface area contributed by atoms with E-state index in [2.05, 4.69) is 4.74 Å². The molecule has 2 N–H and O–H groups in total. The minimum absolute atomic E-state index is 0.0209. The largest absolute Gasteiger partial charge is 0.465 e. The number of carbonyl (C=O) groups is 1. The lowest BCUT2D eigenvalue weighted by molar-refractivity contribution is 0.0607. The van der Waals surface area contributed by atoms with E-state index in [-0.39, 0.29) is 10.9 Å². The average molecular weight is 247 g/mol. The molecular formula is C9H13NO3S2. The Bertz CT molecular complexity index is 398. The van der Waals surface area contributed by atoms with Crippen LogP contribution in [0.25, 0.3) is 0 Å². The van der Waals surface area contributed by atoms with Gasteiger partial charge in [-0.3, -0.25) is 4.21 Å². The summed E-state index contributed by atoms with van der Waals surface area (Å²) in [5.41, 5.74) is 6.01. The summed E-state index contributed by atoms with van der Waals surface area (Å²) in [6, 6.07) is 0. The summed E-state index contributed by atoms with van der Waals surface area (Å²) in [6.45, 7) is 3.68. The molecule has 0 bridgehead atoms. The Morgan fingerprint density at radius 2 is 2.20 bits per heavy atom. The minimum Gasteiger partial charge on any atom is -0.465 e. The molecule has 15 heavy (non-hydrogen) atoms. The molecule has 1 heterocycles. The molecule has 0 radical (unpaired) electrons. The van der Waals surface area contributed by atoms with Gasteiger partial charge in [0.15, 0.2) is 0 Å². The van der Waals surface area contributed by atoms with E-state index in [1.165, 1.54) is 7.11 Å². The number of hydrogen-bond acceptors (Lipinski definition) is 5. The maximum Gasteiger partial charge on any atom is 0.350 e. The Labute approximate surface area is 94.9 Å². The number of anilines is 1. The van der Waals surface area contributed by atoms with Crippen molar-refractivity contribution in [1.82, 2.24) is 0 Å². The zero-order valence-electron chi connectivity index (χ0n) is 8.77. The van der Waals surface area contributed by atoms with Crippen LogP contribution in [-0.2, 0) is 15.5 Å². The lowest BCUT2D eigenvalue weighted by Gasteiger charge is -2.04. The average Bonchev–Trinajstić information content (AvgIpc) is 2.57. The van der Waals surface area contributed by atoms with Crippen LogP contribution in [0.2, 0.25) is 0 Å². The van der Waals surface area contributed by atoms with Gasteiger partial charge in [0.25, 0.3) is 0 Å². The first kappa shape index (κ1) is 12.2. The molecule has 1 aromatic rings. The van der Waals surface area contributed by atoms with Crippen molar-refractivity contribution in [2.24, 2.45) is 0 Å². The number of ether oxygens (including phenoxy) is 1. The van der Waals surface area contributed by atoms with E-state index in [4.69, 9.17) is 5.73 Å². The highest BCUT2D eigenvalue weighted by atomic mass is 32.2. The molecule has 1 aromatic heterocycles. The molecule has 84 valence electrons. The zero-order valence-corrected chi connectivity index (χ0v) is 10.4. The van der Waals surface area contributed by atoms with Gasteiger partial charge in [0.05, 0.1) is 28.5 Å². The van der Waals surface area contributed by atoms with Crippen molar-refractivity contribution in [3.8, 4) is 0 Å². The second kappa shape index (κ2) is 4.76. The smallest absolute Gasteiger partial charge is 0.350 e. The van der Waals surface area contributed by atoms with Crippen LogP contribution in [0.4, 0.5) is 5.69 Å². The van der Waals surface area contributed by atoms with Gasteiger partial charge in [-0.1, -0.05) is 13.8 Å². The molecule has 6 heteroatoms. The third-order valence-corrected chi connectivity index (χ3v) is 4.56. The molecule has 0 aromatic carbocycles. The van der Waals surface area contributed by atoms with Crippen LogP contribution >= 0.6 is 11.3 Å². The molecule has 4 nitrogen and oxygen atoms in total. The summed E-state index contributed by atoms with van der Waals surface area (Å²) in [5, 5.41) is 1.63. The maximum absolute atomic E-state index is 11.8. The highest BCUT2D eigenvalue weighted by molar-refractivity contribution is 7.86. The van der Waals surface area contributed by atoms with Crippen LogP contribution < -0.4 is 5.73 Å². The summed E-state index contributed by atoms with van der Waals surface area (Å²) in [5.74, 6) is -0.482. The van der Waals surface area contributed by atoms with Crippen LogP contribution in [0.5, 0.6) is 0 Å². The van der Waals surface area contributed by atoms with Gasteiger partial charge >= 0.3 is 5.97 Å². The molecule has 0 spiro atoms. The molecule has 0 aliphatic rings. The van der Waals surface area contributed by atoms with E-state index in [9.17, 15) is 9.00 Å². The minimum atomic E-state index is -1.17. The van der Waals surface area contributed by atoms with E-state index < -0.39 is 16.8 Å². The van der Waals surface area contributed by atoms with Crippen LogP contribution in [0, 0.1) is 0 Å². The van der Waals surface area contributed by atoms with E-state index in [1.807, 2.05) is 13.8 Å². The van der Waals surface area contributed by atoms with Crippen LogP contribution in [0.15, 0.2) is 10.3 Å². The highest BCUT2D eigenvalue weighted by Gasteiger charge is 2.20. The van der Waals surface area contributed by atoms with Crippen LogP contribution in [0.3, 0.4) is 0 Å². The van der Waals surface area contributed by atoms with E-state index in [1.54, 1.807) is 5.38 Å². The third-order valence-electron chi connectivity index (χ3n) is 1.81. The van der Waals surface area contributed by atoms with Gasteiger partial charge in [-0.05, 0) is 0 Å². The fraction of sp³-hybridized carbons (Fsp3) is 0.444. The number of thiophene rings is 1. The molecule has 0 saturated carbocycles. The van der Waals surface area contributed by atoms with Crippen LogP contribution in [0.1, 0.15) is 23.5 Å². The predicted octanol–water partition coefficient (Wildman–Crippen LogP) is 1.63. The number of nitrogens with two attached hydrogens (primary N) is 1. The molecule has 1 rings (SSSR count). The van der Waals surface area contributed by atoms with Crippen molar-refractivity contribution >= 4 is 33.8 Å². The van der Waals surface area contributed by atoms with Crippen molar-refractivity contribution in [3.05, 3.63) is 10.3 Å². The molecule has 0 saturated heterocycles. The van der Waals surface area contributed by atoms with Gasteiger partial charge in [-0.2, -0.15) is 0 Å². The predicted molar refractivity (Wildman–Crippen MR) is 61.6 cm³/mol. The topological polar surface area (TPSA) is 69.4 Å². The molecule has 1 atom stereocenters. The van der Waals surface area contributed by atoms with E-state index in [0.717, 1.165) is 11.3 Å². The number of methoxy groups -OCH3 is 1. The third kappa shape index (κ3) is 2.38. The molecule has 0 fully saturated rings. The number of carbonyl (C=O) groups excluding carboxylic acids is 1. The SMILES string of the molecule is COC(=O)c1scc(S(=O)C(C)C)c1N. The first-order valence-electron chi connectivity index (χ1n) is 4.34. The van der Waals surface area contributed by atoms with Gasteiger partial charge in [0.1, 0.15) is 4.88 Å². The van der Waals surface area contributed by atoms with Gasteiger partial charge < -0.3 is 10.5 Å². The van der Waals surface area contributed by atoms with Crippen molar-refractivity contribution < 1.29 is 13.7 Å². The molecule has 0 aliphatic heterocycles. The Balaban J connectivity index is 3.09. The van der Waals surface area contributed by atoms with Crippen molar-refractivity contribution in [1.29, 1.82) is 0 Å². The van der Waals surface area contributed by atoms with Crippen molar-refractivity contribution in [2.45, 2.75) is 24.0 Å². The lowest BCUT2D eigenvalue weighted by atomic mass is 10.4. The van der Waals surface area contributed by atoms with E-state index in [0.29, 0.717) is 9.77 Å². The Kier molecular flexibility index (Phi) is 3.87. The van der Waals surface area contributed by atoms with Gasteiger partial charge in [0.2, 0.25) is 0 Å². The molecule has 1 unspecified atom stereocenters. The number of esters is 1. The lowest BCUT2D eigenvalue weighted by Crippen LogP contribution is -2.08. The van der Waals surface area contributed by atoms with Gasteiger partial charge in [0, 0.05) is 10.6 Å². The van der Waals surface area contributed by atoms with Gasteiger partial charge in [-0.25, -0.2) is 4.79 Å². The summed E-state index contributed by atoms with van der Waals surface area (Å²) >= 11 is 1.16. The standard InChI is InChI=1S/C9H13NO3S2/c1-5(2)15(12)6-4-14-8(7(6)10)9(11)13-3/h4-5H,10H2,1-3H3. The Morgan fingerprint density at radius 3 is 2.67 bits per heavy atom.